The van der Waals surface area contributed by atoms with E-state index < -0.39 is 0 Å². The Bertz CT molecular complexity index is 513. The molecular weight excluding hydrogens is 216 g/mol. The molecule has 1 aromatic heterocycles. The van der Waals surface area contributed by atoms with Crippen molar-refractivity contribution in [1.29, 1.82) is 0 Å². The fourth-order valence-corrected chi connectivity index (χ4v) is 1.44. The highest BCUT2D eigenvalue weighted by Crippen LogP contribution is 2.15. The zero-order chi connectivity index (χ0) is 12.1. The molecule has 86 valence electrons. The van der Waals surface area contributed by atoms with Crippen molar-refractivity contribution in [3.05, 3.63) is 53.9 Å². The highest BCUT2D eigenvalue weighted by atomic mass is 16.1. The number of hydrogen-bond acceptors (Lipinski definition) is 4. The van der Waals surface area contributed by atoms with Gasteiger partial charge in [0.05, 0.1) is 18.0 Å². The molecule has 0 fully saturated rings. The molecule has 0 aliphatic carbocycles. The summed E-state index contributed by atoms with van der Waals surface area (Å²) in [5.41, 5.74) is 7.67. The summed E-state index contributed by atoms with van der Waals surface area (Å²) in [5, 5.41) is 10.1. The maximum atomic E-state index is 11.9. The topological polar surface area (TPSA) is 80.9 Å². The second-order valence-corrected chi connectivity index (χ2v) is 3.45. The van der Waals surface area contributed by atoms with Crippen molar-refractivity contribution in [1.82, 2.24) is 10.2 Å². The van der Waals surface area contributed by atoms with E-state index in [1.807, 2.05) is 24.3 Å². The molecule has 0 radical (unpaired) electrons. The lowest BCUT2D eigenvalue weighted by atomic mass is 10.1. The van der Waals surface area contributed by atoms with Gasteiger partial charge in [0, 0.05) is 12.2 Å². The predicted molar refractivity (Wildman–Crippen MR) is 64.3 cm³/mol. The average Bonchev–Trinajstić information content (AvgIpc) is 2.40. The number of carbonyl (C=O) groups is 1. The second kappa shape index (κ2) is 5.18. The van der Waals surface area contributed by atoms with E-state index >= 15 is 0 Å². The molecule has 2 aromatic rings. The van der Waals surface area contributed by atoms with Gasteiger partial charge in [0.25, 0.3) is 5.91 Å². The lowest BCUT2D eigenvalue weighted by molar-refractivity contribution is 0.102. The lowest BCUT2D eigenvalue weighted by Crippen LogP contribution is -2.14. The van der Waals surface area contributed by atoms with Crippen LogP contribution in [0.5, 0.6) is 0 Å². The number of nitrogens with one attached hydrogen (secondary N) is 1. The minimum Gasteiger partial charge on any atom is -0.326 e. The number of aromatic nitrogens is 2. The zero-order valence-corrected chi connectivity index (χ0v) is 9.13. The molecule has 0 aliphatic heterocycles. The van der Waals surface area contributed by atoms with Gasteiger partial charge >= 0.3 is 0 Å². The number of amides is 1. The average molecular weight is 228 g/mol. The van der Waals surface area contributed by atoms with E-state index in [4.69, 9.17) is 5.73 Å². The Hall–Kier alpha value is -2.27. The van der Waals surface area contributed by atoms with Gasteiger partial charge in [-0.15, -0.1) is 0 Å². The summed E-state index contributed by atoms with van der Waals surface area (Å²) in [6, 6.07) is 9.02. The molecule has 5 nitrogen and oxygen atoms in total. The minimum absolute atomic E-state index is 0.221. The quantitative estimate of drug-likeness (QED) is 0.826. The molecule has 0 bridgehead atoms. The third-order valence-corrected chi connectivity index (χ3v) is 2.33. The molecule has 3 N–H and O–H groups in total. The Morgan fingerprint density at radius 2 is 2.06 bits per heavy atom. The fourth-order valence-electron chi connectivity index (χ4n) is 1.44. The van der Waals surface area contributed by atoms with Crippen LogP contribution >= 0.6 is 0 Å². The van der Waals surface area contributed by atoms with Gasteiger partial charge in [0.2, 0.25) is 0 Å². The van der Waals surface area contributed by atoms with Crippen molar-refractivity contribution in [2.45, 2.75) is 6.54 Å². The van der Waals surface area contributed by atoms with Crippen molar-refractivity contribution in [2.75, 3.05) is 5.32 Å². The summed E-state index contributed by atoms with van der Waals surface area (Å²) < 4.78 is 0. The number of para-hydroxylation sites is 1. The number of nitrogens with two attached hydrogens (primary N) is 1. The van der Waals surface area contributed by atoms with E-state index in [2.05, 4.69) is 15.5 Å². The Morgan fingerprint density at radius 1 is 1.24 bits per heavy atom. The third-order valence-electron chi connectivity index (χ3n) is 2.33. The number of hydrogen-bond donors (Lipinski definition) is 2. The Labute approximate surface area is 98.7 Å². The van der Waals surface area contributed by atoms with Gasteiger partial charge in [-0.05, 0) is 17.7 Å². The number of benzene rings is 1. The SMILES string of the molecule is NCc1ccccc1NC(=O)c1ccnnc1. The normalized spacial score (nSPS) is 9.94. The summed E-state index contributed by atoms with van der Waals surface area (Å²) in [7, 11) is 0. The van der Waals surface area contributed by atoms with E-state index in [0.29, 0.717) is 12.1 Å². The molecule has 1 amide bonds. The molecule has 0 saturated heterocycles. The monoisotopic (exact) mass is 228 g/mol. The Morgan fingerprint density at radius 3 is 2.76 bits per heavy atom. The first-order valence-electron chi connectivity index (χ1n) is 5.17. The van der Waals surface area contributed by atoms with Gasteiger partial charge in [0.1, 0.15) is 0 Å². The van der Waals surface area contributed by atoms with Crippen LogP contribution in [0, 0.1) is 0 Å². The molecule has 5 heteroatoms. The summed E-state index contributed by atoms with van der Waals surface area (Å²) in [6.45, 7) is 0.380. The molecular formula is C12H12N4O. The maximum Gasteiger partial charge on any atom is 0.257 e. The van der Waals surface area contributed by atoms with Crippen LogP contribution in [0.15, 0.2) is 42.7 Å². The third kappa shape index (κ3) is 2.64. The van der Waals surface area contributed by atoms with Gasteiger partial charge < -0.3 is 11.1 Å². The number of anilines is 1. The first-order chi connectivity index (χ1) is 8.31. The molecule has 0 spiro atoms. The summed E-state index contributed by atoms with van der Waals surface area (Å²) in [4.78, 5) is 11.9. The minimum atomic E-state index is -0.221. The lowest BCUT2D eigenvalue weighted by Gasteiger charge is -2.08. The van der Waals surface area contributed by atoms with E-state index in [-0.39, 0.29) is 5.91 Å². The number of carbonyl (C=O) groups excluding carboxylic acids is 1. The highest BCUT2D eigenvalue weighted by molar-refractivity contribution is 6.04. The molecule has 2 rings (SSSR count). The standard InChI is InChI=1S/C12H12N4O/c13-7-9-3-1-2-4-11(9)16-12(17)10-5-6-14-15-8-10/h1-6,8H,7,13H2,(H,16,17). The zero-order valence-electron chi connectivity index (χ0n) is 9.13. The van der Waals surface area contributed by atoms with Crippen LogP contribution in [0.25, 0.3) is 0 Å². The van der Waals surface area contributed by atoms with Gasteiger partial charge in [-0.3, -0.25) is 4.79 Å². The Balaban J connectivity index is 2.19. The van der Waals surface area contributed by atoms with Gasteiger partial charge in [-0.1, -0.05) is 18.2 Å². The van der Waals surface area contributed by atoms with E-state index in [0.717, 1.165) is 11.3 Å². The van der Waals surface area contributed by atoms with Crippen molar-refractivity contribution in [3.63, 3.8) is 0 Å². The van der Waals surface area contributed by atoms with Crippen molar-refractivity contribution in [2.24, 2.45) is 5.73 Å². The molecule has 0 atom stereocenters. The largest absolute Gasteiger partial charge is 0.326 e. The van der Waals surface area contributed by atoms with Crippen LogP contribution in [0.1, 0.15) is 15.9 Å². The second-order valence-electron chi connectivity index (χ2n) is 3.45. The molecule has 0 saturated carbocycles. The highest BCUT2D eigenvalue weighted by Gasteiger charge is 2.07. The molecule has 1 heterocycles. The summed E-state index contributed by atoms with van der Waals surface area (Å²) in [5.74, 6) is -0.221. The molecule has 1 aromatic carbocycles. The van der Waals surface area contributed by atoms with Crippen LogP contribution in [0.4, 0.5) is 5.69 Å². The van der Waals surface area contributed by atoms with Crippen LogP contribution in [-0.4, -0.2) is 16.1 Å². The summed E-state index contributed by atoms with van der Waals surface area (Å²) >= 11 is 0. The Kier molecular flexibility index (Phi) is 3.42. The first-order valence-corrected chi connectivity index (χ1v) is 5.17. The molecule has 17 heavy (non-hydrogen) atoms. The van der Waals surface area contributed by atoms with Crippen LogP contribution in [0.3, 0.4) is 0 Å². The van der Waals surface area contributed by atoms with Gasteiger partial charge in [-0.2, -0.15) is 10.2 Å². The smallest absolute Gasteiger partial charge is 0.257 e. The van der Waals surface area contributed by atoms with Crippen molar-refractivity contribution >= 4 is 11.6 Å². The van der Waals surface area contributed by atoms with Crippen molar-refractivity contribution < 1.29 is 4.79 Å². The van der Waals surface area contributed by atoms with Crippen LogP contribution in [0.2, 0.25) is 0 Å². The van der Waals surface area contributed by atoms with Gasteiger partial charge in [-0.25, -0.2) is 0 Å². The van der Waals surface area contributed by atoms with Crippen molar-refractivity contribution in [3.8, 4) is 0 Å². The molecule has 0 unspecified atom stereocenters. The summed E-state index contributed by atoms with van der Waals surface area (Å²) in [6.07, 6.45) is 2.89. The fraction of sp³-hybridized carbons (Fsp3) is 0.0833. The van der Waals surface area contributed by atoms with Crippen LogP contribution in [-0.2, 0) is 6.54 Å². The van der Waals surface area contributed by atoms with E-state index in [9.17, 15) is 4.79 Å². The van der Waals surface area contributed by atoms with Crippen LogP contribution < -0.4 is 11.1 Å². The van der Waals surface area contributed by atoms with E-state index in [1.165, 1.54) is 12.4 Å². The first kappa shape index (κ1) is 11.2. The van der Waals surface area contributed by atoms with Gasteiger partial charge in [0.15, 0.2) is 0 Å². The predicted octanol–water partition coefficient (Wildman–Crippen LogP) is 1.19. The van der Waals surface area contributed by atoms with E-state index in [1.54, 1.807) is 6.07 Å². The maximum absolute atomic E-state index is 11.9. The number of rotatable bonds is 3. The number of nitrogens with zero attached hydrogens (tertiary/aromatic N) is 2. The molecule has 0 aliphatic rings.